The Morgan fingerprint density at radius 1 is 1.27 bits per heavy atom. The molecule has 7 heteroatoms. The Hall–Kier alpha value is -0.470. The second-order valence-electron chi connectivity index (χ2n) is 5.89. The van der Waals surface area contributed by atoms with E-state index < -0.39 is 10.0 Å². The van der Waals surface area contributed by atoms with Crippen molar-refractivity contribution in [1.29, 1.82) is 0 Å². The maximum atomic E-state index is 12.3. The van der Waals surface area contributed by atoms with Crippen LogP contribution < -0.4 is 10.0 Å². The smallest absolute Gasteiger partial charge is 0.215 e. The highest BCUT2D eigenvalue weighted by molar-refractivity contribution is 9.10. The Kier molecular flexibility index (Phi) is 6.40. The Bertz CT molecular complexity index is 563. The molecule has 1 aliphatic heterocycles. The molecule has 0 bridgehead atoms. The van der Waals surface area contributed by atoms with E-state index in [0.29, 0.717) is 13.2 Å². The van der Waals surface area contributed by atoms with Crippen LogP contribution in [0.1, 0.15) is 18.4 Å². The summed E-state index contributed by atoms with van der Waals surface area (Å²) in [6.45, 7) is 2.81. The molecular formula is C15H23BrN2O3S. The third-order valence-electron chi connectivity index (χ3n) is 4.05. The number of hydrogen-bond acceptors (Lipinski definition) is 4. The standard InChI is InChI=1S/C15H23BrN2O3S/c1-21-12-15(6-8-17-9-7-15)11-18-22(19,20)10-13-2-4-14(16)5-3-13/h2-5,17-18H,6-12H2,1H3. The van der Waals surface area contributed by atoms with Gasteiger partial charge in [0.05, 0.1) is 12.4 Å². The second-order valence-corrected chi connectivity index (χ2v) is 8.61. The topological polar surface area (TPSA) is 67.4 Å². The summed E-state index contributed by atoms with van der Waals surface area (Å²) in [6, 6.07) is 7.34. The first-order valence-electron chi connectivity index (χ1n) is 7.36. The van der Waals surface area contributed by atoms with Crippen molar-refractivity contribution < 1.29 is 13.2 Å². The van der Waals surface area contributed by atoms with E-state index in [2.05, 4.69) is 26.0 Å². The van der Waals surface area contributed by atoms with Crippen LogP contribution >= 0.6 is 15.9 Å². The van der Waals surface area contributed by atoms with Crippen molar-refractivity contribution in [3.63, 3.8) is 0 Å². The summed E-state index contributed by atoms with van der Waals surface area (Å²) in [6.07, 6.45) is 1.84. The van der Waals surface area contributed by atoms with Gasteiger partial charge in [0.15, 0.2) is 0 Å². The summed E-state index contributed by atoms with van der Waals surface area (Å²) < 4.78 is 33.6. The number of hydrogen-bond donors (Lipinski definition) is 2. The van der Waals surface area contributed by atoms with Crippen LogP contribution in [0.5, 0.6) is 0 Å². The summed E-state index contributed by atoms with van der Waals surface area (Å²) in [5.41, 5.74) is 0.675. The number of rotatable bonds is 7. The quantitative estimate of drug-likeness (QED) is 0.745. The van der Waals surface area contributed by atoms with Crippen LogP contribution in [0.4, 0.5) is 0 Å². The van der Waals surface area contributed by atoms with Gasteiger partial charge in [0.25, 0.3) is 0 Å². The molecule has 0 saturated carbocycles. The van der Waals surface area contributed by atoms with E-state index in [0.717, 1.165) is 36.0 Å². The number of ether oxygens (including phenoxy) is 1. The minimum atomic E-state index is -3.34. The SMILES string of the molecule is COCC1(CNS(=O)(=O)Cc2ccc(Br)cc2)CCNCC1. The zero-order valence-electron chi connectivity index (χ0n) is 12.8. The number of nitrogens with one attached hydrogen (secondary N) is 2. The van der Waals surface area contributed by atoms with E-state index >= 15 is 0 Å². The van der Waals surface area contributed by atoms with Crippen LogP contribution in [0.3, 0.4) is 0 Å². The lowest BCUT2D eigenvalue weighted by molar-refractivity contribution is 0.0577. The molecule has 2 rings (SSSR count). The molecule has 1 aliphatic rings. The molecule has 22 heavy (non-hydrogen) atoms. The molecule has 124 valence electrons. The molecule has 1 aromatic rings. The lowest BCUT2D eigenvalue weighted by atomic mass is 9.80. The Balaban J connectivity index is 1.96. The normalized spacial score (nSPS) is 18.3. The van der Waals surface area contributed by atoms with Gasteiger partial charge in [0, 0.05) is 23.5 Å². The molecule has 0 aliphatic carbocycles. The maximum absolute atomic E-state index is 12.3. The zero-order valence-corrected chi connectivity index (χ0v) is 15.2. The molecule has 0 radical (unpaired) electrons. The van der Waals surface area contributed by atoms with Crippen LogP contribution in [0.2, 0.25) is 0 Å². The van der Waals surface area contributed by atoms with Crippen LogP contribution in [0.25, 0.3) is 0 Å². The van der Waals surface area contributed by atoms with Gasteiger partial charge >= 0.3 is 0 Å². The van der Waals surface area contributed by atoms with Gasteiger partial charge in [-0.1, -0.05) is 28.1 Å². The lowest BCUT2D eigenvalue weighted by Crippen LogP contribution is -2.47. The van der Waals surface area contributed by atoms with Gasteiger partial charge in [-0.05, 0) is 43.6 Å². The van der Waals surface area contributed by atoms with Crippen molar-refractivity contribution in [3.8, 4) is 0 Å². The Morgan fingerprint density at radius 3 is 2.50 bits per heavy atom. The van der Waals surface area contributed by atoms with Gasteiger partial charge in [0.1, 0.15) is 0 Å². The summed E-state index contributed by atoms with van der Waals surface area (Å²) in [5.74, 6) is 0.00158. The second kappa shape index (κ2) is 7.88. The van der Waals surface area contributed by atoms with Crippen molar-refractivity contribution >= 4 is 26.0 Å². The highest BCUT2D eigenvalue weighted by Crippen LogP contribution is 2.28. The van der Waals surface area contributed by atoms with E-state index in [9.17, 15) is 8.42 Å². The molecule has 5 nitrogen and oxygen atoms in total. The Morgan fingerprint density at radius 2 is 1.91 bits per heavy atom. The molecule has 1 saturated heterocycles. The number of methoxy groups -OCH3 is 1. The lowest BCUT2D eigenvalue weighted by Gasteiger charge is -2.37. The van der Waals surface area contributed by atoms with Gasteiger partial charge < -0.3 is 10.1 Å². The van der Waals surface area contributed by atoms with Crippen molar-refractivity contribution in [2.45, 2.75) is 18.6 Å². The maximum Gasteiger partial charge on any atom is 0.215 e. The van der Waals surface area contributed by atoms with Crippen molar-refractivity contribution in [3.05, 3.63) is 34.3 Å². The fourth-order valence-corrected chi connectivity index (χ4v) is 4.27. The predicted octanol–water partition coefficient (Wildman–Crippen LogP) is 1.88. The summed E-state index contributed by atoms with van der Waals surface area (Å²) in [4.78, 5) is 0. The molecule has 0 spiro atoms. The minimum Gasteiger partial charge on any atom is -0.384 e. The van der Waals surface area contributed by atoms with Crippen molar-refractivity contribution in [2.75, 3.05) is 33.4 Å². The molecular weight excluding hydrogens is 368 g/mol. The first kappa shape index (κ1) is 17.9. The summed E-state index contributed by atoms with van der Waals surface area (Å²) >= 11 is 3.35. The van der Waals surface area contributed by atoms with Gasteiger partial charge in [-0.15, -0.1) is 0 Å². The Labute approximate surface area is 141 Å². The zero-order chi connectivity index (χ0) is 16.1. The third kappa shape index (κ3) is 5.31. The fraction of sp³-hybridized carbons (Fsp3) is 0.600. The number of piperidine rings is 1. The molecule has 0 amide bonds. The van der Waals surface area contributed by atoms with Crippen LogP contribution in [-0.4, -0.2) is 41.8 Å². The van der Waals surface area contributed by atoms with Crippen LogP contribution in [0.15, 0.2) is 28.7 Å². The highest BCUT2D eigenvalue weighted by atomic mass is 79.9. The first-order valence-corrected chi connectivity index (χ1v) is 9.81. The summed E-state index contributed by atoms with van der Waals surface area (Å²) in [5, 5.41) is 3.30. The average Bonchev–Trinajstić information content (AvgIpc) is 2.49. The largest absolute Gasteiger partial charge is 0.384 e. The van der Waals surface area contributed by atoms with Crippen LogP contribution in [0, 0.1) is 5.41 Å². The van der Waals surface area contributed by atoms with Crippen molar-refractivity contribution in [1.82, 2.24) is 10.0 Å². The van der Waals surface area contributed by atoms with Gasteiger partial charge in [-0.2, -0.15) is 0 Å². The van der Waals surface area contributed by atoms with E-state index in [1.54, 1.807) is 7.11 Å². The molecule has 2 N–H and O–H groups in total. The third-order valence-corrected chi connectivity index (χ3v) is 5.88. The van der Waals surface area contributed by atoms with Crippen molar-refractivity contribution in [2.24, 2.45) is 5.41 Å². The number of halogens is 1. The number of sulfonamides is 1. The molecule has 0 unspecified atom stereocenters. The van der Waals surface area contributed by atoms with E-state index in [4.69, 9.17) is 4.74 Å². The first-order chi connectivity index (χ1) is 10.4. The van der Waals surface area contributed by atoms with Gasteiger partial charge in [-0.3, -0.25) is 0 Å². The molecule has 0 aromatic heterocycles. The highest BCUT2D eigenvalue weighted by Gasteiger charge is 2.33. The van der Waals surface area contributed by atoms with E-state index in [-0.39, 0.29) is 11.2 Å². The fourth-order valence-electron chi connectivity index (χ4n) is 2.75. The molecule has 1 fully saturated rings. The minimum absolute atomic E-state index is 0.00158. The average molecular weight is 391 g/mol. The monoisotopic (exact) mass is 390 g/mol. The molecule has 0 atom stereocenters. The van der Waals surface area contributed by atoms with E-state index in [1.807, 2.05) is 24.3 Å². The molecule has 1 aromatic carbocycles. The van der Waals surface area contributed by atoms with Gasteiger partial charge in [-0.25, -0.2) is 13.1 Å². The molecule has 1 heterocycles. The van der Waals surface area contributed by atoms with E-state index in [1.165, 1.54) is 0 Å². The number of benzene rings is 1. The van der Waals surface area contributed by atoms with Gasteiger partial charge in [0.2, 0.25) is 10.0 Å². The van der Waals surface area contributed by atoms with Crippen LogP contribution in [-0.2, 0) is 20.5 Å². The summed E-state index contributed by atoms with van der Waals surface area (Å²) in [7, 11) is -1.68. The predicted molar refractivity (Wildman–Crippen MR) is 91.2 cm³/mol.